The van der Waals surface area contributed by atoms with E-state index in [1.165, 1.54) is 22.3 Å². The Bertz CT molecular complexity index is 1090. The van der Waals surface area contributed by atoms with Gasteiger partial charge >= 0.3 is 0 Å². The van der Waals surface area contributed by atoms with E-state index in [2.05, 4.69) is 60.7 Å². The van der Waals surface area contributed by atoms with Crippen molar-refractivity contribution >= 4 is 5.91 Å². The van der Waals surface area contributed by atoms with Crippen molar-refractivity contribution in [1.29, 1.82) is 0 Å². The summed E-state index contributed by atoms with van der Waals surface area (Å²) in [6.07, 6.45) is -0.240. The zero-order valence-corrected chi connectivity index (χ0v) is 15.3. The van der Waals surface area contributed by atoms with Gasteiger partial charge in [-0.05, 0) is 22.3 Å². The number of amides is 1. The number of benzene rings is 3. The molecule has 2 heterocycles. The lowest BCUT2D eigenvalue weighted by Crippen LogP contribution is -2.40. The standard InChI is InChI=1S/C25H19NO2/c27-23-22-21(20-14-28-24(26(20)23)15-8-2-1-3-9-15)25(22)18-12-6-4-10-16(18)17-11-5-7-13-19(17)25/h1-13,20-22,24H,14H2/t20-,21-,22-,24-/m1/s1. The van der Waals surface area contributed by atoms with E-state index in [1.54, 1.807) is 0 Å². The minimum absolute atomic E-state index is 0.0393. The van der Waals surface area contributed by atoms with E-state index in [9.17, 15) is 4.79 Å². The SMILES string of the molecule is O=C1[C@H]2[C@@H]([C@H]3CO[C@H](c4ccccc4)N13)C21c2ccccc2-c2ccccc21. The van der Waals surface area contributed by atoms with Crippen molar-refractivity contribution in [1.82, 2.24) is 4.90 Å². The zero-order chi connectivity index (χ0) is 18.5. The van der Waals surface area contributed by atoms with E-state index < -0.39 is 0 Å². The lowest BCUT2D eigenvalue weighted by Gasteiger charge is -2.29. The van der Waals surface area contributed by atoms with Crippen LogP contribution >= 0.6 is 0 Å². The third kappa shape index (κ3) is 1.52. The Labute approximate surface area is 163 Å². The summed E-state index contributed by atoms with van der Waals surface area (Å²) in [7, 11) is 0. The van der Waals surface area contributed by atoms with Crippen LogP contribution in [0.3, 0.4) is 0 Å². The van der Waals surface area contributed by atoms with Gasteiger partial charge in [-0.1, -0.05) is 78.9 Å². The Morgan fingerprint density at radius 1 is 0.821 bits per heavy atom. The van der Waals surface area contributed by atoms with Gasteiger partial charge in [0.1, 0.15) is 0 Å². The van der Waals surface area contributed by atoms with Crippen LogP contribution < -0.4 is 0 Å². The Balaban J connectivity index is 1.36. The highest BCUT2D eigenvalue weighted by molar-refractivity contribution is 5.96. The number of hydrogen-bond donors (Lipinski definition) is 0. The van der Waals surface area contributed by atoms with E-state index in [-0.39, 0.29) is 29.5 Å². The molecule has 136 valence electrons. The summed E-state index contributed by atoms with van der Waals surface area (Å²) < 4.78 is 6.16. The van der Waals surface area contributed by atoms with Gasteiger partial charge in [-0.25, -0.2) is 0 Å². The number of carbonyl (C=O) groups excluding carboxylic acids is 1. The largest absolute Gasteiger partial charge is 0.352 e. The fourth-order valence-electron chi connectivity index (χ4n) is 6.40. The fraction of sp³-hybridized carbons (Fsp3) is 0.240. The topological polar surface area (TPSA) is 29.5 Å². The second-order valence-electron chi connectivity index (χ2n) is 8.37. The fourth-order valence-corrected chi connectivity index (χ4v) is 6.40. The highest BCUT2D eigenvalue weighted by atomic mass is 16.5. The highest BCUT2D eigenvalue weighted by Gasteiger charge is 2.81. The summed E-state index contributed by atoms with van der Waals surface area (Å²) >= 11 is 0. The van der Waals surface area contributed by atoms with Gasteiger partial charge in [-0.2, -0.15) is 0 Å². The third-order valence-corrected chi connectivity index (χ3v) is 7.36. The summed E-state index contributed by atoms with van der Waals surface area (Å²) in [6, 6.07) is 27.6. The highest BCUT2D eigenvalue weighted by Crippen LogP contribution is 2.75. The van der Waals surface area contributed by atoms with Gasteiger partial charge in [0.25, 0.3) is 0 Å². The van der Waals surface area contributed by atoms with Crippen LogP contribution in [-0.2, 0) is 14.9 Å². The van der Waals surface area contributed by atoms with Crippen LogP contribution in [0.25, 0.3) is 11.1 Å². The molecule has 1 spiro atoms. The molecule has 3 nitrogen and oxygen atoms in total. The molecule has 28 heavy (non-hydrogen) atoms. The first-order valence-electron chi connectivity index (χ1n) is 10.0. The van der Waals surface area contributed by atoms with Crippen molar-refractivity contribution in [3.05, 3.63) is 95.6 Å². The summed E-state index contributed by atoms with van der Waals surface area (Å²) in [5.74, 6) is 0.601. The number of piperidine rings is 1. The maximum Gasteiger partial charge on any atom is 0.229 e. The van der Waals surface area contributed by atoms with Gasteiger partial charge in [0.05, 0.1) is 18.6 Å². The molecule has 0 bridgehead atoms. The van der Waals surface area contributed by atoms with Gasteiger partial charge in [0.15, 0.2) is 6.23 Å². The molecule has 0 radical (unpaired) electrons. The Kier molecular flexibility index (Phi) is 2.65. The number of fused-ring (bicyclic) bond motifs is 10. The Hall–Kier alpha value is -2.91. The molecule has 0 unspecified atom stereocenters. The second-order valence-corrected chi connectivity index (χ2v) is 8.37. The van der Waals surface area contributed by atoms with Crippen molar-refractivity contribution in [2.75, 3.05) is 6.61 Å². The zero-order valence-electron chi connectivity index (χ0n) is 15.3. The van der Waals surface area contributed by atoms with E-state index in [4.69, 9.17) is 4.74 Å². The van der Waals surface area contributed by atoms with Crippen molar-refractivity contribution in [2.45, 2.75) is 17.7 Å². The number of carbonyl (C=O) groups is 1. The molecule has 4 atom stereocenters. The van der Waals surface area contributed by atoms with Crippen LogP contribution in [0.15, 0.2) is 78.9 Å². The van der Waals surface area contributed by atoms with Gasteiger partial charge in [-0.15, -0.1) is 0 Å². The average molecular weight is 365 g/mol. The predicted molar refractivity (Wildman–Crippen MR) is 105 cm³/mol. The number of rotatable bonds is 1. The molecule has 0 N–H and O–H groups in total. The van der Waals surface area contributed by atoms with Crippen LogP contribution in [0.4, 0.5) is 0 Å². The Morgan fingerprint density at radius 2 is 1.43 bits per heavy atom. The van der Waals surface area contributed by atoms with E-state index >= 15 is 0 Å². The van der Waals surface area contributed by atoms with Crippen LogP contribution in [-0.4, -0.2) is 23.5 Å². The van der Waals surface area contributed by atoms with E-state index in [1.807, 2.05) is 23.1 Å². The quantitative estimate of drug-likeness (QED) is 0.649. The molecule has 2 aliphatic heterocycles. The Morgan fingerprint density at radius 3 is 2.11 bits per heavy atom. The first kappa shape index (κ1) is 15.1. The normalized spacial score (nSPS) is 30.1. The lowest BCUT2D eigenvalue weighted by atomic mass is 9.86. The van der Waals surface area contributed by atoms with Crippen LogP contribution in [0.2, 0.25) is 0 Å². The van der Waals surface area contributed by atoms with Crippen molar-refractivity contribution in [3.8, 4) is 11.1 Å². The minimum atomic E-state index is -0.240. The maximum atomic E-state index is 13.6. The molecule has 2 saturated heterocycles. The number of hydrogen-bond acceptors (Lipinski definition) is 2. The molecule has 3 aromatic carbocycles. The van der Waals surface area contributed by atoms with Gasteiger partial charge in [-0.3, -0.25) is 4.79 Å². The molecule has 3 aromatic rings. The van der Waals surface area contributed by atoms with E-state index in [0.29, 0.717) is 12.5 Å². The minimum Gasteiger partial charge on any atom is -0.352 e. The molecular weight excluding hydrogens is 346 g/mol. The smallest absolute Gasteiger partial charge is 0.229 e. The first-order valence-corrected chi connectivity index (χ1v) is 10.0. The van der Waals surface area contributed by atoms with E-state index in [0.717, 1.165) is 5.56 Å². The molecule has 1 saturated carbocycles. The van der Waals surface area contributed by atoms with Crippen molar-refractivity contribution in [2.24, 2.45) is 11.8 Å². The predicted octanol–water partition coefficient (Wildman–Crippen LogP) is 4.14. The molecule has 3 heteroatoms. The van der Waals surface area contributed by atoms with Gasteiger partial charge < -0.3 is 9.64 Å². The number of ether oxygens (including phenoxy) is 1. The average Bonchev–Trinajstić information content (AvgIpc) is 2.98. The molecule has 4 aliphatic rings. The summed E-state index contributed by atoms with van der Waals surface area (Å²) in [6.45, 7) is 0.624. The van der Waals surface area contributed by atoms with Crippen molar-refractivity contribution in [3.63, 3.8) is 0 Å². The van der Waals surface area contributed by atoms with Gasteiger partial charge in [0, 0.05) is 16.9 Å². The molecular formula is C25H19NO2. The first-order chi connectivity index (χ1) is 13.8. The monoisotopic (exact) mass is 365 g/mol. The molecule has 3 fully saturated rings. The molecule has 1 amide bonds. The maximum absolute atomic E-state index is 13.6. The summed E-state index contributed by atoms with van der Waals surface area (Å²) in [4.78, 5) is 15.7. The van der Waals surface area contributed by atoms with Crippen LogP contribution in [0.1, 0.15) is 22.9 Å². The second kappa shape index (κ2) is 4.92. The van der Waals surface area contributed by atoms with Crippen molar-refractivity contribution < 1.29 is 9.53 Å². The van der Waals surface area contributed by atoms with Crippen LogP contribution in [0.5, 0.6) is 0 Å². The van der Waals surface area contributed by atoms with Gasteiger partial charge in [0.2, 0.25) is 5.91 Å². The number of nitrogens with zero attached hydrogens (tertiary/aromatic N) is 1. The summed E-state index contributed by atoms with van der Waals surface area (Å²) in [5, 5.41) is 0. The van der Waals surface area contributed by atoms with Crippen LogP contribution in [0, 0.1) is 11.8 Å². The molecule has 0 aromatic heterocycles. The molecule has 7 rings (SSSR count). The molecule has 2 aliphatic carbocycles. The third-order valence-electron chi connectivity index (χ3n) is 7.36. The summed E-state index contributed by atoms with van der Waals surface area (Å²) in [5.41, 5.74) is 6.18. The lowest BCUT2D eigenvalue weighted by molar-refractivity contribution is -0.137.